The molecule has 1 N–H and O–H groups in total. The molecule has 5 heteroatoms. The Morgan fingerprint density at radius 2 is 2.11 bits per heavy atom. The molecule has 0 aromatic carbocycles. The molecule has 1 saturated heterocycles. The molecule has 0 spiro atoms. The molecule has 5 nitrogen and oxygen atoms in total. The van der Waals surface area contributed by atoms with Crippen LogP contribution in [-0.4, -0.2) is 37.2 Å². The summed E-state index contributed by atoms with van der Waals surface area (Å²) in [6.07, 6.45) is 3.25. The van der Waals surface area contributed by atoms with Crippen molar-refractivity contribution in [2.45, 2.75) is 13.8 Å². The van der Waals surface area contributed by atoms with Gasteiger partial charge in [-0.3, -0.25) is 4.79 Å². The molecule has 0 aliphatic carbocycles. The number of aromatic nitrogens is 1. The van der Waals surface area contributed by atoms with Gasteiger partial charge in [-0.25, -0.2) is 4.98 Å². The number of ether oxygens (including phenoxy) is 1. The van der Waals surface area contributed by atoms with E-state index < -0.39 is 0 Å². The molecule has 1 aromatic heterocycles. The van der Waals surface area contributed by atoms with Crippen LogP contribution in [0.1, 0.15) is 13.8 Å². The number of amides is 1. The number of pyridine rings is 1. The predicted octanol–water partition coefficient (Wildman–Crippen LogP) is 1.82. The van der Waals surface area contributed by atoms with Gasteiger partial charge in [0.2, 0.25) is 5.91 Å². The lowest BCUT2D eigenvalue weighted by atomic mass is 10.3. The zero-order valence-electron chi connectivity index (χ0n) is 11.3. The lowest BCUT2D eigenvalue weighted by Gasteiger charge is -2.27. The van der Waals surface area contributed by atoms with Gasteiger partial charge >= 0.3 is 0 Å². The number of carbonyl (C=O) groups excluding carboxylic acids is 1. The van der Waals surface area contributed by atoms with Crippen LogP contribution in [0.25, 0.3) is 0 Å². The van der Waals surface area contributed by atoms with E-state index in [1.54, 1.807) is 12.3 Å². The summed E-state index contributed by atoms with van der Waals surface area (Å²) < 4.78 is 5.30. The topological polar surface area (TPSA) is 54.5 Å². The Morgan fingerprint density at radius 1 is 1.37 bits per heavy atom. The molecule has 0 unspecified atom stereocenters. The van der Waals surface area contributed by atoms with Crippen molar-refractivity contribution < 1.29 is 9.53 Å². The highest BCUT2D eigenvalue weighted by Gasteiger charge is 2.12. The third-order valence-electron chi connectivity index (χ3n) is 2.77. The van der Waals surface area contributed by atoms with Crippen LogP contribution in [0.5, 0.6) is 0 Å². The molecule has 0 saturated carbocycles. The highest BCUT2D eigenvalue weighted by atomic mass is 16.5. The SMILES string of the molecule is CC(C)=CC(=O)Nc1ccc(N2CCOCC2)nc1. The number of hydrogen-bond acceptors (Lipinski definition) is 4. The largest absolute Gasteiger partial charge is 0.378 e. The van der Waals surface area contributed by atoms with Crippen molar-refractivity contribution in [1.29, 1.82) is 0 Å². The minimum Gasteiger partial charge on any atom is -0.378 e. The van der Waals surface area contributed by atoms with Gasteiger partial charge in [-0.15, -0.1) is 0 Å². The summed E-state index contributed by atoms with van der Waals surface area (Å²) in [7, 11) is 0. The fourth-order valence-electron chi connectivity index (χ4n) is 1.88. The second-order valence-electron chi connectivity index (χ2n) is 4.72. The summed E-state index contributed by atoms with van der Waals surface area (Å²) in [6.45, 7) is 6.97. The number of nitrogens with zero attached hydrogens (tertiary/aromatic N) is 2. The van der Waals surface area contributed by atoms with Crippen LogP contribution in [0.4, 0.5) is 11.5 Å². The highest BCUT2D eigenvalue weighted by Crippen LogP contribution is 2.15. The van der Waals surface area contributed by atoms with Crippen molar-refractivity contribution in [1.82, 2.24) is 4.98 Å². The summed E-state index contributed by atoms with van der Waals surface area (Å²) in [5.74, 6) is 0.796. The van der Waals surface area contributed by atoms with Crippen LogP contribution in [0.2, 0.25) is 0 Å². The third kappa shape index (κ3) is 4.06. The number of morpholine rings is 1. The maximum atomic E-state index is 11.6. The summed E-state index contributed by atoms with van der Waals surface area (Å²) in [4.78, 5) is 18.1. The molecule has 19 heavy (non-hydrogen) atoms. The van der Waals surface area contributed by atoms with Crippen LogP contribution in [0.15, 0.2) is 30.0 Å². The Labute approximate surface area is 113 Å². The van der Waals surface area contributed by atoms with Gasteiger partial charge in [0.1, 0.15) is 5.82 Å². The predicted molar refractivity (Wildman–Crippen MR) is 75.3 cm³/mol. The number of allylic oxidation sites excluding steroid dienone is 1. The zero-order chi connectivity index (χ0) is 13.7. The molecule has 0 atom stereocenters. The average Bonchev–Trinajstić information content (AvgIpc) is 2.39. The monoisotopic (exact) mass is 261 g/mol. The zero-order valence-corrected chi connectivity index (χ0v) is 11.3. The first kappa shape index (κ1) is 13.5. The van der Waals surface area contributed by atoms with Crippen LogP contribution in [0.3, 0.4) is 0 Å². The van der Waals surface area contributed by atoms with Crippen molar-refractivity contribution in [3.8, 4) is 0 Å². The van der Waals surface area contributed by atoms with Crippen molar-refractivity contribution in [2.24, 2.45) is 0 Å². The van der Waals surface area contributed by atoms with E-state index in [0.717, 1.165) is 37.7 Å². The summed E-state index contributed by atoms with van der Waals surface area (Å²) in [5, 5.41) is 2.78. The van der Waals surface area contributed by atoms with Gasteiger partial charge in [0, 0.05) is 19.2 Å². The standard InChI is InChI=1S/C14H19N3O2/c1-11(2)9-14(18)16-12-3-4-13(15-10-12)17-5-7-19-8-6-17/h3-4,9-10H,5-8H2,1-2H3,(H,16,18). The normalized spacial score (nSPS) is 14.9. The molecule has 2 heterocycles. The van der Waals surface area contributed by atoms with E-state index in [0.29, 0.717) is 5.69 Å². The number of hydrogen-bond donors (Lipinski definition) is 1. The molecule has 0 bridgehead atoms. The van der Waals surface area contributed by atoms with Crippen molar-refractivity contribution >= 4 is 17.4 Å². The van der Waals surface area contributed by atoms with E-state index >= 15 is 0 Å². The van der Waals surface area contributed by atoms with E-state index in [1.807, 2.05) is 26.0 Å². The lowest BCUT2D eigenvalue weighted by molar-refractivity contribution is -0.111. The van der Waals surface area contributed by atoms with Gasteiger partial charge in [0.25, 0.3) is 0 Å². The average molecular weight is 261 g/mol. The van der Waals surface area contributed by atoms with E-state index in [4.69, 9.17) is 4.74 Å². The van der Waals surface area contributed by atoms with Crippen LogP contribution < -0.4 is 10.2 Å². The first-order chi connectivity index (χ1) is 9.15. The number of carbonyl (C=O) groups is 1. The van der Waals surface area contributed by atoms with Gasteiger partial charge in [0.05, 0.1) is 25.1 Å². The maximum Gasteiger partial charge on any atom is 0.248 e. The van der Waals surface area contributed by atoms with Gasteiger partial charge < -0.3 is 15.0 Å². The molecule has 1 amide bonds. The molecule has 1 aromatic rings. The summed E-state index contributed by atoms with van der Waals surface area (Å²) in [6, 6.07) is 3.79. The molecular formula is C14H19N3O2. The quantitative estimate of drug-likeness (QED) is 0.843. The van der Waals surface area contributed by atoms with E-state index in [2.05, 4.69) is 15.2 Å². The van der Waals surface area contributed by atoms with E-state index in [-0.39, 0.29) is 5.91 Å². The Hall–Kier alpha value is -1.88. The van der Waals surface area contributed by atoms with Crippen molar-refractivity contribution in [2.75, 3.05) is 36.5 Å². The van der Waals surface area contributed by atoms with Crippen molar-refractivity contribution in [3.05, 3.63) is 30.0 Å². The smallest absolute Gasteiger partial charge is 0.248 e. The third-order valence-corrected chi connectivity index (χ3v) is 2.77. The fraction of sp³-hybridized carbons (Fsp3) is 0.429. The summed E-state index contributed by atoms with van der Waals surface area (Å²) >= 11 is 0. The van der Waals surface area contributed by atoms with Crippen LogP contribution in [0, 0.1) is 0 Å². The van der Waals surface area contributed by atoms with E-state index in [1.165, 1.54) is 0 Å². The van der Waals surface area contributed by atoms with Gasteiger partial charge in [-0.05, 0) is 26.0 Å². The minimum atomic E-state index is -0.124. The first-order valence-electron chi connectivity index (χ1n) is 6.40. The molecular weight excluding hydrogens is 242 g/mol. The second-order valence-corrected chi connectivity index (χ2v) is 4.72. The van der Waals surface area contributed by atoms with Crippen molar-refractivity contribution in [3.63, 3.8) is 0 Å². The van der Waals surface area contributed by atoms with Gasteiger partial charge in [-0.1, -0.05) is 5.57 Å². The fourth-order valence-corrected chi connectivity index (χ4v) is 1.88. The molecule has 1 aliphatic heterocycles. The van der Waals surface area contributed by atoms with Crippen LogP contribution in [-0.2, 0) is 9.53 Å². The summed E-state index contributed by atoms with van der Waals surface area (Å²) in [5.41, 5.74) is 1.68. The number of anilines is 2. The van der Waals surface area contributed by atoms with Gasteiger partial charge in [-0.2, -0.15) is 0 Å². The number of nitrogens with one attached hydrogen (secondary N) is 1. The lowest BCUT2D eigenvalue weighted by Crippen LogP contribution is -2.36. The Bertz CT molecular complexity index is 458. The second kappa shape index (κ2) is 6.33. The Balaban J connectivity index is 1.98. The molecule has 1 fully saturated rings. The molecule has 0 radical (unpaired) electrons. The minimum absolute atomic E-state index is 0.124. The highest BCUT2D eigenvalue weighted by molar-refractivity contribution is 5.99. The number of rotatable bonds is 3. The Kier molecular flexibility index (Phi) is 4.52. The van der Waals surface area contributed by atoms with Gasteiger partial charge in [0.15, 0.2) is 0 Å². The molecule has 2 rings (SSSR count). The Morgan fingerprint density at radius 3 is 2.68 bits per heavy atom. The molecule has 1 aliphatic rings. The van der Waals surface area contributed by atoms with E-state index in [9.17, 15) is 4.79 Å². The first-order valence-corrected chi connectivity index (χ1v) is 6.40. The molecule has 102 valence electrons. The van der Waals surface area contributed by atoms with Crippen LogP contribution >= 0.6 is 0 Å². The maximum absolute atomic E-state index is 11.6.